The van der Waals surface area contributed by atoms with Crippen LogP contribution >= 0.6 is 0 Å². The predicted molar refractivity (Wildman–Crippen MR) is 54.3 cm³/mol. The summed E-state index contributed by atoms with van der Waals surface area (Å²) in [5, 5.41) is 0. The van der Waals surface area contributed by atoms with Crippen molar-refractivity contribution in [3.63, 3.8) is 0 Å². The maximum Gasteiger partial charge on any atom is 0.433 e. The number of ether oxygens (including phenoxy) is 1. The second-order valence-electron chi connectivity index (χ2n) is 4.02. The monoisotopic (exact) mass is 247 g/mol. The van der Waals surface area contributed by atoms with Crippen LogP contribution in [0.5, 0.6) is 0 Å². The van der Waals surface area contributed by atoms with E-state index in [4.69, 9.17) is 0 Å². The Morgan fingerprint density at radius 2 is 1.76 bits per heavy atom. The van der Waals surface area contributed by atoms with E-state index < -0.39 is 23.3 Å². The van der Waals surface area contributed by atoms with E-state index in [-0.39, 0.29) is 5.69 Å². The van der Waals surface area contributed by atoms with Crippen LogP contribution in [0, 0.1) is 0 Å². The minimum atomic E-state index is -4.53. The maximum atomic E-state index is 12.5. The number of nitrogens with zero attached hydrogens (tertiary/aromatic N) is 1. The summed E-state index contributed by atoms with van der Waals surface area (Å²) >= 11 is 0. The van der Waals surface area contributed by atoms with Crippen LogP contribution in [0.1, 0.15) is 25.2 Å². The van der Waals surface area contributed by atoms with Gasteiger partial charge in [-0.05, 0) is 26.0 Å². The minimum Gasteiger partial charge on any atom is -0.468 e. The molecule has 0 aliphatic heterocycles. The first-order valence-electron chi connectivity index (χ1n) is 4.82. The van der Waals surface area contributed by atoms with Crippen molar-refractivity contribution in [1.29, 1.82) is 0 Å². The summed E-state index contributed by atoms with van der Waals surface area (Å²) in [7, 11) is 1.18. The molecule has 0 spiro atoms. The first-order valence-corrected chi connectivity index (χ1v) is 4.82. The fourth-order valence-electron chi connectivity index (χ4n) is 1.30. The molecule has 1 rings (SSSR count). The van der Waals surface area contributed by atoms with Crippen LogP contribution in [0.2, 0.25) is 0 Å². The van der Waals surface area contributed by atoms with Gasteiger partial charge in [0.25, 0.3) is 0 Å². The van der Waals surface area contributed by atoms with Crippen LogP contribution in [-0.4, -0.2) is 18.1 Å². The lowest BCUT2D eigenvalue weighted by molar-refractivity contribution is -0.147. The molecule has 0 aromatic carbocycles. The van der Waals surface area contributed by atoms with E-state index in [1.807, 2.05) is 0 Å². The molecule has 0 atom stereocenters. The molecule has 1 aromatic rings. The fraction of sp³-hybridized carbons (Fsp3) is 0.455. The highest BCUT2D eigenvalue weighted by atomic mass is 19.4. The van der Waals surface area contributed by atoms with Crippen LogP contribution < -0.4 is 0 Å². The van der Waals surface area contributed by atoms with E-state index in [1.165, 1.54) is 33.1 Å². The molecule has 6 heteroatoms. The molecule has 1 aromatic heterocycles. The molecule has 1 heterocycles. The van der Waals surface area contributed by atoms with Crippen LogP contribution in [0.3, 0.4) is 0 Å². The Balaban J connectivity index is 3.20. The lowest BCUT2D eigenvalue weighted by atomic mass is 9.89. The molecular formula is C11H12F3NO2. The summed E-state index contributed by atoms with van der Waals surface area (Å²) in [5.41, 5.74) is -2.21. The van der Waals surface area contributed by atoms with Gasteiger partial charge in [0, 0.05) is 0 Å². The molecule has 3 nitrogen and oxygen atoms in total. The molecule has 0 saturated heterocycles. The molecular weight excluding hydrogens is 235 g/mol. The highest BCUT2D eigenvalue weighted by Crippen LogP contribution is 2.30. The smallest absolute Gasteiger partial charge is 0.433 e. The van der Waals surface area contributed by atoms with E-state index >= 15 is 0 Å². The Hall–Kier alpha value is -1.59. The summed E-state index contributed by atoms with van der Waals surface area (Å²) in [4.78, 5) is 14.9. The Morgan fingerprint density at radius 1 is 1.24 bits per heavy atom. The number of halogens is 3. The number of carbonyl (C=O) groups excluding carboxylic acids is 1. The van der Waals surface area contributed by atoms with Gasteiger partial charge in [-0.15, -0.1) is 0 Å². The average Bonchev–Trinajstić information content (AvgIpc) is 2.27. The first kappa shape index (κ1) is 13.5. The number of esters is 1. The van der Waals surface area contributed by atoms with Crippen molar-refractivity contribution in [2.45, 2.75) is 25.4 Å². The van der Waals surface area contributed by atoms with Gasteiger partial charge in [-0.1, -0.05) is 6.07 Å². The zero-order valence-corrected chi connectivity index (χ0v) is 9.63. The number of alkyl halides is 3. The zero-order chi connectivity index (χ0) is 13.3. The number of hydrogen-bond acceptors (Lipinski definition) is 3. The van der Waals surface area contributed by atoms with Gasteiger partial charge < -0.3 is 4.74 Å². The van der Waals surface area contributed by atoms with E-state index in [1.54, 1.807) is 0 Å². The standard InChI is InChI=1S/C11H12F3NO2/c1-10(2,9(16)17-3)7-5-4-6-8(15-7)11(12,13)14/h4-6H,1-3H3. The van der Waals surface area contributed by atoms with Crippen LogP contribution in [0.25, 0.3) is 0 Å². The van der Waals surface area contributed by atoms with Crippen molar-refractivity contribution in [2.24, 2.45) is 0 Å². The summed E-state index contributed by atoms with van der Waals surface area (Å²) in [6, 6.07) is 3.44. The third-order valence-electron chi connectivity index (χ3n) is 2.38. The van der Waals surface area contributed by atoms with Gasteiger partial charge in [0.1, 0.15) is 11.1 Å². The van der Waals surface area contributed by atoms with Gasteiger partial charge in [0.15, 0.2) is 0 Å². The van der Waals surface area contributed by atoms with Gasteiger partial charge in [-0.25, -0.2) is 4.98 Å². The number of rotatable bonds is 2. The Labute approximate surface area is 96.6 Å². The molecule has 0 unspecified atom stereocenters. The number of pyridine rings is 1. The fourth-order valence-corrected chi connectivity index (χ4v) is 1.30. The number of methoxy groups -OCH3 is 1. The van der Waals surface area contributed by atoms with Gasteiger partial charge >= 0.3 is 12.1 Å². The second kappa shape index (κ2) is 4.35. The third kappa shape index (κ3) is 2.75. The van der Waals surface area contributed by atoms with Crippen molar-refractivity contribution in [3.05, 3.63) is 29.6 Å². The average molecular weight is 247 g/mol. The van der Waals surface area contributed by atoms with Crippen LogP contribution in [-0.2, 0) is 21.1 Å². The van der Waals surface area contributed by atoms with E-state index in [0.29, 0.717) is 0 Å². The first-order chi connectivity index (χ1) is 7.69. The van der Waals surface area contributed by atoms with Gasteiger partial charge in [-0.3, -0.25) is 4.79 Å². The lowest BCUT2D eigenvalue weighted by Crippen LogP contribution is -2.31. The van der Waals surface area contributed by atoms with Crippen molar-refractivity contribution in [1.82, 2.24) is 4.98 Å². The largest absolute Gasteiger partial charge is 0.468 e. The summed E-state index contributed by atoms with van der Waals surface area (Å²) in [6.45, 7) is 2.92. The normalized spacial score (nSPS) is 12.4. The molecule has 17 heavy (non-hydrogen) atoms. The van der Waals surface area contributed by atoms with Crippen molar-refractivity contribution >= 4 is 5.97 Å². The van der Waals surface area contributed by atoms with Crippen LogP contribution in [0.4, 0.5) is 13.2 Å². The number of carbonyl (C=O) groups is 1. The third-order valence-corrected chi connectivity index (χ3v) is 2.38. The van der Waals surface area contributed by atoms with Crippen molar-refractivity contribution < 1.29 is 22.7 Å². The van der Waals surface area contributed by atoms with Gasteiger partial charge in [0.2, 0.25) is 0 Å². The predicted octanol–water partition coefficient (Wildman–Crippen LogP) is 2.55. The van der Waals surface area contributed by atoms with Gasteiger partial charge in [-0.2, -0.15) is 13.2 Å². The number of aromatic nitrogens is 1. The second-order valence-corrected chi connectivity index (χ2v) is 4.02. The molecule has 0 bridgehead atoms. The molecule has 0 radical (unpaired) electrons. The Morgan fingerprint density at radius 3 is 2.24 bits per heavy atom. The molecule has 0 aliphatic rings. The van der Waals surface area contributed by atoms with Gasteiger partial charge in [0.05, 0.1) is 12.8 Å². The number of hydrogen-bond donors (Lipinski definition) is 0. The van der Waals surface area contributed by atoms with Crippen molar-refractivity contribution in [2.75, 3.05) is 7.11 Å². The summed E-state index contributed by atoms with van der Waals surface area (Å²) in [5.74, 6) is -0.635. The minimum absolute atomic E-state index is 0.0270. The molecule has 94 valence electrons. The summed E-state index contributed by atoms with van der Waals surface area (Å²) in [6.07, 6.45) is -4.53. The molecule has 0 aliphatic carbocycles. The zero-order valence-electron chi connectivity index (χ0n) is 9.63. The quantitative estimate of drug-likeness (QED) is 0.754. The Bertz CT molecular complexity index is 427. The molecule has 0 saturated carbocycles. The van der Waals surface area contributed by atoms with E-state index in [0.717, 1.165) is 6.07 Å². The van der Waals surface area contributed by atoms with Crippen molar-refractivity contribution in [3.8, 4) is 0 Å². The SMILES string of the molecule is COC(=O)C(C)(C)c1cccc(C(F)(F)F)n1. The Kier molecular flexibility index (Phi) is 3.45. The van der Waals surface area contributed by atoms with E-state index in [2.05, 4.69) is 9.72 Å². The topological polar surface area (TPSA) is 39.2 Å². The molecule has 0 N–H and O–H groups in total. The summed E-state index contributed by atoms with van der Waals surface area (Å²) < 4.78 is 41.9. The highest BCUT2D eigenvalue weighted by Gasteiger charge is 2.37. The van der Waals surface area contributed by atoms with E-state index in [9.17, 15) is 18.0 Å². The lowest BCUT2D eigenvalue weighted by Gasteiger charge is -2.21. The van der Waals surface area contributed by atoms with Crippen LogP contribution in [0.15, 0.2) is 18.2 Å². The highest BCUT2D eigenvalue weighted by molar-refractivity contribution is 5.81. The maximum absolute atomic E-state index is 12.5. The molecule has 0 amide bonds. The molecule has 0 fully saturated rings.